The SMILES string of the molecule is COc1ccc(C(=O)c2cn(Cc3cccc(C)n3)c3nc(C)c(C)cc3c2=O)cc1F. The van der Waals surface area contributed by atoms with Crippen LogP contribution in [-0.2, 0) is 6.54 Å². The van der Waals surface area contributed by atoms with E-state index in [0.717, 1.165) is 28.7 Å². The number of aromatic nitrogens is 3. The van der Waals surface area contributed by atoms with Gasteiger partial charge in [0.05, 0.1) is 30.3 Å². The second-order valence-corrected chi connectivity index (χ2v) is 7.71. The van der Waals surface area contributed by atoms with Gasteiger partial charge >= 0.3 is 0 Å². The second kappa shape index (κ2) is 8.34. The van der Waals surface area contributed by atoms with Crippen LogP contribution in [0.1, 0.15) is 38.6 Å². The van der Waals surface area contributed by atoms with Gasteiger partial charge in [0.25, 0.3) is 0 Å². The Kier molecular flexibility index (Phi) is 5.57. The maximum Gasteiger partial charge on any atom is 0.202 e. The molecule has 0 N–H and O–H groups in total. The summed E-state index contributed by atoms with van der Waals surface area (Å²) in [4.78, 5) is 35.6. The van der Waals surface area contributed by atoms with Crippen molar-refractivity contribution >= 4 is 16.8 Å². The van der Waals surface area contributed by atoms with Crippen LogP contribution in [0.15, 0.2) is 53.5 Å². The summed E-state index contributed by atoms with van der Waals surface area (Å²) in [6.07, 6.45) is 1.49. The lowest BCUT2D eigenvalue weighted by atomic mass is 10.0. The second-order valence-electron chi connectivity index (χ2n) is 7.71. The molecule has 4 aromatic rings. The van der Waals surface area contributed by atoms with Crippen LogP contribution in [0.3, 0.4) is 0 Å². The molecule has 0 spiro atoms. The molecule has 0 atom stereocenters. The topological polar surface area (TPSA) is 74.1 Å². The molecule has 0 bridgehead atoms. The third kappa shape index (κ3) is 3.89. The quantitative estimate of drug-likeness (QED) is 0.444. The Hall–Kier alpha value is -3.87. The van der Waals surface area contributed by atoms with E-state index in [1.807, 2.05) is 39.0 Å². The minimum absolute atomic E-state index is 0.0262. The molecule has 3 aromatic heterocycles. The van der Waals surface area contributed by atoms with E-state index in [2.05, 4.69) is 9.97 Å². The van der Waals surface area contributed by atoms with E-state index in [4.69, 9.17) is 4.74 Å². The zero-order chi connectivity index (χ0) is 23.0. The summed E-state index contributed by atoms with van der Waals surface area (Å²) in [5.74, 6) is -1.21. The first kappa shape index (κ1) is 21.4. The van der Waals surface area contributed by atoms with E-state index < -0.39 is 17.0 Å². The number of carbonyl (C=O) groups excluding carboxylic acids is 1. The Bertz CT molecular complexity index is 1430. The molecule has 0 aliphatic heterocycles. The Labute approximate surface area is 184 Å². The average molecular weight is 431 g/mol. The highest BCUT2D eigenvalue weighted by Crippen LogP contribution is 2.21. The van der Waals surface area contributed by atoms with Gasteiger partial charge in [0.15, 0.2) is 17.3 Å². The van der Waals surface area contributed by atoms with Crippen molar-refractivity contribution < 1.29 is 13.9 Å². The normalized spacial score (nSPS) is 11.0. The molecule has 4 rings (SSSR count). The first-order chi connectivity index (χ1) is 15.3. The van der Waals surface area contributed by atoms with Crippen LogP contribution in [0.4, 0.5) is 4.39 Å². The van der Waals surface area contributed by atoms with Crippen molar-refractivity contribution in [3.63, 3.8) is 0 Å². The van der Waals surface area contributed by atoms with E-state index in [1.165, 1.54) is 25.4 Å². The maximum atomic E-state index is 14.2. The molecule has 0 unspecified atom stereocenters. The molecule has 0 saturated heterocycles. The van der Waals surface area contributed by atoms with Crippen molar-refractivity contribution in [3.8, 4) is 5.75 Å². The summed E-state index contributed by atoms with van der Waals surface area (Å²) < 4.78 is 20.9. The molecule has 7 heteroatoms. The fourth-order valence-electron chi connectivity index (χ4n) is 3.61. The number of benzene rings is 1. The first-order valence-electron chi connectivity index (χ1n) is 10.1. The van der Waals surface area contributed by atoms with Gasteiger partial charge in [-0.3, -0.25) is 14.6 Å². The maximum absolute atomic E-state index is 14.2. The van der Waals surface area contributed by atoms with Crippen LogP contribution in [0.5, 0.6) is 5.75 Å². The smallest absolute Gasteiger partial charge is 0.202 e. The van der Waals surface area contributed by atoms with Crippen molar-refractivity contribution in [1.82, 2.24) is 14.5 Å². The van der Waals surface area contributed by atoms with E-state index in [-0.39, 0.29) is 16.9 Å². The van der Waals surface area contributed by atoms with Gasteiger partial charge in [-0.15, -0.1) is 0 Å². The monoisotopic (exact) mass is 431 g/mol. The summed E-state index contributed by atoms with van der Waals surface area (Å²) in [6, 6.07) is 11.3. The lowest BCUT2D eigenvalue weighted by molar-refractivity contribution is 0.103. The highest BCUT2D eigenvalue weighted by molar-refractivity contribution is 6.10. The van der Waals surface area contributed by atoms with Gasteiger partial charge in [-0.2, -0.15) is 0 Å². The molecule has 0 saturated carbocycles. The van der Waals surface area contributed by atoms with Gasteiger partial charge in [0.2, 0.25) is 5.43 Å². The molecule has 0 aliphatic rings. The number of hydrogen-bond donors (Lipinski definition) is 0. The largest absolute Gasteiger partial charge is 0.494 e. The third-order valence-electron chi connectivity index (χ3n) is 5.43. The number of methoxy groups -OCH3 is 1. The molecule has 0 aliphatic carbocycles. The van der Waals surface area contributed by atoms with Crippen LogP contribution < -0.4 is 10.2 Å². The lowest BCUT2D eigenvalue weighted by Gasteiger charge is -2.14. The van der Waals surface area contributed by atoms with Crippen molar-refractivity contribution in [3.05, 3.63) is 98.5 Å². The van der Waals surface area contributed by atoms with Crippen molar-refractivity contribution in [2.75, 3.05) is 7.11 Å². The van der Waals surface area contributed by atoms with Crippen LogP contribution in [0, 0.1) is 26.6 Å². The van der Waals surface area contributed by atoms with E-state index in [0.29, 0.717) is 17.6 Å². The Morgan fingerprint density at radius 1 is 1.09 bits per heavy atom. The van der Waals surface area contributed by atoms with Gasteiger partial charge in [0.1, 0.15) is 5.65 Å². The number of halogens is 1. The van der Waals surface area contributed by atoms with E-state index >= 15 is 0 Å². The van der Waals surface area contributed by atoms with Crippen LogP contribution >= 0.6 is 0 Å². The Morgan fingerprint density at radius 3 is 2.56 bits per heavy atom. The fraction of sp³-hybridized carbons (Fsp3) is 0.200. The predicted molar refractivity (Wildman–Crippen MR) is 120 cm³/mol. The minimum atomic E-state index is -0.670. The summed E-state index contributed by atoms with van der Waals surface area (Å²) in [6.45, 7) is 5.95. The highest BCUT2D eigenvalue weighted by atomic mass is 19.1. The van der Waals surface area contributed by atoms with Crippen LogP contribution in [0.2, 0.25) is 0 Å². The molecule has 32 heavy (non-hydrogen) atoms. The lowest BCUT2D eigenvalue weighted by Crippen LogP contribution is -2.21. The molecule has 6 nitrogen and oxygen atoms in total. The molecule has 0 fully saturated rings. The standard InChI is InChI=1S/C25H22FN3O3/c1-14-10-19-24(31)20(23(30)17-8-9-22(32-4)21(26)11-17)13-29(25(19)28-16(14)3)12-18-7-5-6-15(2)27-18/h5-11,13H,12H2,1-4H3. The number of rotatable bonds is 5. The number of fused-ring (bicyclic) bond motifs is 1. The number of carbonyl (C=O) groups is 1. The molecule has 0 radical (unpaired) electrons. The predicted octanol–water partition coefficient (Wildman–Crippen LogP) is 4.14. The summed E-state index contributed by atoms with van der Waals surface area (Å²) in [5, 5.41) is 0.334. The van der Waals surface area contributed by atoms with Gasteiger partial charge in [0, 0.05) is 23.1 Å². The third-order valence-corrected chi connectivity index (χ3v) is 5.43. The van der Waals surface area contributed by atoms with Crippen LogP contribution in [-0.4, -0.2) is 27.4 Å². The van der Waals surface area contributed by atoms with E-state index in [1.54, 1.807) is 10.6 Å². The molecule has 0 amide bonds. The molecule has 162 valence electrons. The summed E-state index contributed by atoms with van der Waals surface area (Å²) in [7, 11) is 1.35. The zero-order valence-electron chi connectivity index (χ0n) is 18.3. The van der Waals surface area contributed by atoms with Crippen LogP contribution in [0.25, 0.3) is 11.0 Å². The van der Waals surface area contributed by atoms with Crippen molar-refractivity contribution in [1.29, 1.82) is 0 Å². The number of ether oxygens (including phenoxy) is 1. The van der Waals surface area contributed by atoms with E-state index in [9.17, 15) is 14.0 Å². The number of hydrogen-bond acceptors (Lipinski definition) is 5. The fourth-order valence-corrected chi connectivity index (χ4v) is 3.61. The first-order valence-corrected chi connectivity index (χ1v) is 10.1. The Morgan fingerprint density at radius 2 is 1.88 bits per heavy atom. The minimum Gasteiger partial charge on any atom is -0.494 e. The number of ketones is 1. The molecular weight excluding hydrogens is 409 g/mol. The number of aryl methyl sites for hydroxylation is 3. The average Bonchev–Trinajstić information content (AvgIpc) is 2.76. The molecular formula is C25H22FN3O3. The summed E-state index contributed by atoms with van der Waals surface area (Å²) >= 11 is 0. The number of pyridine rings is 3. The molecule has 1 aromatic carbocycles. The zero-order valence-corrected chi connectivity index (χ0v) is 18.3. The van der Waals surface area contributed by atoms with Crippen molar-refractivity contribution in [2.24, 2.45) is 0 Å². The van der Waals surface area contributed by atoms with Gasteiger partial charge in [-0.25, -0.2) is 9.37 Å². The highest BCUT2D eigenvalue weighted by Gasteiger charge is 2.20. The molecule has 3 heterocycles. The van der Waals surface area contributed by atoms with Crippen molar-refractivity contribution in [2.45, 2.75) is 27.3 Å². The van der Waals surface area contributed by atoms with Gasteiger partial charge < -0.3 is 9.30 Å². The van der Waals surface area contributed by atoms with Gasteiger partial charge in [-0.05, 0) is 62.7 Å². The van der Waals surface area contributed by atoms with Gasteiger partial charge in [-0.1, -0.05) is 6.07 Å². The summed E-state index contributed by atoms with van der Waals surface area (Å²) in [5.41, 5.74) is 3.30. The Balaban J connectivity index is 1.92. The number of nitrogens with zero attached hydrogens (tertiary/aromatic N) is 3.